The predicted molar refractivity (Wildman–Crippen MR) is 103 cm³/mol. The third-order valence-corrected chi connectivity index (χ3v) is 3.72. The number of aromatic nitrogens is 1. The van der Waals surface area contributed by atoms with E-state index in [1.165, 1.54) is 12.1 Å². The Kier molecular flexibility index (Phi) is 8.15. The van der Waals surface area contributed by atoms with Crippen molar-refractivity contribution in [3.63, 3.8) is 0 Å². The van der Waals surface area contributed by atoms with Crippen LogP contribution in [0.2, 0.25) is 5.15 Å². The predicted octanol–water partition coefficient (Wildman–Crippen LogP) is 3.44. The van der Waals surface area contributed by atoms with Crippen LogP contribution in [0.5, 0.6) is 5.75 Å². The summed E-state index contributed by atoms with van der Waals surface area (Å²) in [5, 5.41) is 6.98. The third-order valence-electron chi connectivity index (χ3n) is 3.50. The van der Waals surface area contributed by atoms with Gasteiger partial charge in [0.2, 0.25) is 0 Å². The number of hydrogen-bond acceptors (Lipinski definition) is 3. The highest BCUT2D eigenvalue weighted by molar-refractivity contribution is 6.29. The fraction of sp³-hybridized carbons (Fsp3) is 0.368. The minimum Gasteiger partial charge on any atom is -0.489 e. The molecule has 2 rings (SSSR count). The molecule has 0 spiro atoms. The summed E-state index contributed by atoms with van der Waals surface area (Å²) in [7, 11) is 0. The molecule has 26 heavy (non-hydrogen) atoms. The van der Waals surface area contributed by atoms with Crippen molar-refractivity contribution in [1.82, 2.24) is 15.6 Å². The maximum absolute atomic E-state index is 12.9. The van der Waals surface area contributed by atoms with Crippen LogP contribution in [-0.2, 0) is 6.42 Å². The van der Waals surface area contributed by atoms with E-state index in [1.807, 2.05) is 19.9 Å². The number of halogens is 2. The molecule has 0 saturated heterocycles. The number of benzene rings is 1. The van der Waals surface area contributed by atoms with Crippen LogP contribution in [0.4, 0.5) is 4.39 Å². The van der Waals surface area contributed by atoms with Gasteiger partial charge in [0.15, 0.2) is 5.96 Å². The molecule has 7 heteroatoms. The van der Waals surface area contributed by atoms with Crippen molar-refractivity contribution in [2.24, 2.45) is 4.99 Å². The van der Waals surface area contributed by atoms with E-state index in [-0.39, 0.29) is 11.9 Å². The summed E-state index contributed by atoms with van der Waals surface area (Å²) in [6.07, 6.45) is 2.46. The summed E-state index contributed by atoms with van der Waals surface area (Å²) in [6, 6.07) is 9.72. The lowest BCUT2D eigenvalue weighted by Gasteiger charge is -2.15. The van der Waals surface area contributed by atoms with Crippen LogP contribution < -0.4 is 15.4 Å². The van der Waals surface area contributed by atoms with Gasteiger partial charge < -0.3 is 15.4 Å². The third kappa shape index (κ3) is 7.27. The molecule has 1 aromatic carbocycles. The Labute approximate surface area is 158 Å². The smallest absolute Gasteiger partial charge is 0.191 e. The second-order valence-corrected chi connectivity index (χ2v) is 6.16. The minimum absolute atomic E-state index is 0.128. The summed E-state index contributed by atoms with van der Waals surface area (Å²) >= 11 is 5.79. The quantitative estimate of drug-likeness (QED) is 0.419. The van der Waals surface area contributed by atoms with Crippen LogP contribution in [0.1, 0.15) is 19.4 Å². The first-order valence-corrected chi connectivity index (χ1v) is 8.99. The van der Waals surface area contributed by atoms with Gasteiger partial charge in [-0.05, 0) is 56.2 Å². The molecular weight excluding hydrogens is 355 g/mol. The summed E-state index contributed by atoms with van der Waals surface area (Å²) < 4.78 is 18.7. The lowest BCUT2D eigenvalue weighted by molar-refractivity contribution is 0.230. The van der Waals surface area contributed by atoms with Crippen LogP contribution in [0.3, 0.4) is 0 Å². The molecule has 0 amide bonds. The highest BCUT2D eigenvalue weighted by Gasteiger charge is 2.05. The maximum Gasteiger partial charge on any atom is 0.191 e. The lowest BCUT2D eigenvalue weighted by atomic mass is 10.2. The standard InChI is InChI=1S/C19H24ClFN4O/c1-3-22-19(23-11-10-15-4-9-18(20)24-13-15)25-12-14(2)26-17-7-5-16(21)6-8-17/h4-9,13-14H,3,10-12H2,1-2H3,(H2,22,23,25). The molecule has 1 heterocycles. The lowest BCUT2D eigenvalue weighted by Crippen LogP contribution is -2.39. The summed E-state index contributed by atoms with van der Waals surface area (Å²) in [6.45, 7) is 5.91. The number of guanidine groups is 1. The Bertz CT molecular complexity index is 692. The van der Waals surface area contributed by atoms with Gasteiger partial charge in [-0.1, -0.05) is 17.7 Å². The van der Waals surface area contributed by atoms with Gasteiger partial charge in [0.05, 0.1) is 6.54 Å². The highest BCUT2D eigenvalue weighted by atomic mass is 35.5. The molecule has 1 atom stereocenters. The Balaban J connectivity index is 1.80. The van der Waals surface area contributed by atoms with E-state index in [1.54, 1.807) is 24.4 Å². The van der Waals surface area contributed by atoms with E-state index in [2.05, 4.69) is 20.6 Å². The molecule has 0 fully saturated rings. The zero-order chi connectivity index (χ0) is 18.8. The topological polar surface area (TPSA) is 58.5 Å². The molecule has 0 bridgehead atoms. The van der Waals surface area contributed by atoms with E-state index < -0.39 is 0 Å². The molecule has 140 valence electrons. The fourth-order valence-corrected chi connectivity index (χ4v) is 2.34. The summed E-state index contributed by atoms with van der Waals surface area (Å²) in [5.41, 5.74) is 1.10. The average Bonchev–Trinajstić information content (AvgIpc) is 2.63. The molecular formula is C19H24ClFN4O. The van der Waals surface area contributed by atoms with E-state index in [9.17, 15) is 4.39 Å². The van der Waals surface area contributed by atoms with Crippen molar-refractivity contribution < 1.29 is 9.13 Å². The molecule has 1 unspecified atom stereocenters. The van der Waals surface area contributed by atoms with Gasteiger partial charge in [-0.25, -0.2) is 14.4 Å². The molecule has 2 aromatic rings. The zero-order valence-electron chi connectivity index (χ0n) is 15.0. The van der Waals surface area contributed by atoms with Crippen LogP contribution in [0.25, 0.3) is 0 Å². The Morgan fingerprint density at radius 1 is 1.23 bits per heavy atom. The molecule has 0 aliphatic heterocycles. The van der Waals surface area contributed by atoms with E-state index >= 15 is 0 Å². The van der Waals surface area contributed by atoms with Gasteiger partial charge in [-0.3, -0.25) is 0 Å². The maximum atomic E-state index is 12.9. The second kappa shape index (κ2) is 10.6. The van der Waals surface area contributed by atoms with E-state index in [0.717, 1.165) is 31.0 Å². The Hall–Kier alpha value is -2.34. The zero-order valence-corrected chi connectivity index (χ0v) is 15.8. The molecule has 0 saturated carbocycles. The molecule has 2 N–H and O–H groups in total. The van der Waals surface area contributed by atoms with Gasteiger partial charge in [0.25, 0.3) is 0 Å². The summed E-state index contributed by atoms with van der Waals surface area (Å²) in [4.78, 5) is 8.60. The van der Waals surface area contributed by atoms with Gasteiger partial charge >= 0.3 is 0 Å². The van der Waals surface area contributed by atoms with Crippen LogP contribution in [-0.4, -0.2) is 36.7 Å². The van der Waals surface area contributed by atoms with Crippen molar-refractivity contribution in [2.45, 2.75) is 26.4 Å². The molecule has 0 aliphatic rings. The average molecular weight is 379 g/mol. The minimum atomic E-state index is -0.280. The van der Waals surface area contributed by atoms with Crippen LogP contribution >= 0.6 is 11.6 Å². The summed E-state index contributed by atoms with van der Waals surface area (Å²) in [5.74, 6) is 1.07. The van der Waals surface area contributed by atoms with Gasteiger partial charge in [-0.15, -0.1) is 0 Å². The van der Waals surface area contributed by atoms with Crippen molar-refractivity contribution in [2.75, 3.05) is 19.6 Å². The van der Waals surface area contributed by atoms with Crippen molar-refractivity contribution in [3.05, 3.63) is 59.1 Å². The monoisotopic (exact) mass is 378 g/mol. The first kappa shape index (κ1) is 20.0. The number of nitrogens with zero attached hydrogens (tertiary/aromatic N) is 2. The molecule has 0 aliphatic carbocycles. The van der Waals surface area contributed by atoms with Crippen molar-refractivity contribution in [3.8, 4) is 5.75 Å². The van der Waals surface area contributed by atoms with Crippen molar-refractivity contribution in [1.29, 1.82) is 0 Å². The molecule has 0 radical (unpaired) electrons. The number of nitrogens with one attached hydrogen (secondary N) is 2. The van der Waals surface area contributed by atoms with E-state index in [0.29, 0.717) is 17.4 Å². The number of ether oxygens (including phenoxy) is 1. The fourth-order valence-electron chi connectivity index (χ4n) is 2.22. The number of aliphatic imine (C=N–C) groups is 1. The largest absolute Gasteiger partial charge is 0.489 e. The van der Waals surface area contributed by atoms with Gasteiger partial charge in [-0.2, -0.15) is 0 Å². The Morgan fingerprint density at radius 2 is 2.00 bits per heavy atom. The van der Waals surface area contributed by atoms with Crippen molar-refractivity contribution >= 4 is 17.6 Å². The molecule has 1 aromatic heterocycles. The number of rotatable bonds is 8. The highest BCUT2D eigenvalue weighted by Crippen LogP contribution is 2.13. The van der Waals surface area contributed by atoms with Gasteiger partial charge in [0.1, 0.15) is 22.8 Å². The Morgan fingerprint density at radius 3 is 2.65 bits per heavy atom. The van der Waals surface area contributed by atoms with Crippen LogP contribution in [0.15, 0.2) is 47.6 Å². The first-order valence-electron chi connectivity index (χ1n) is 8.61. The number of pyridine rings is 1. The molecule has 5 nitrogen and oxygen atoms in total. The van der Waals surface area contributed by atoms with Crippen LogP contribution in [0, 0.1) is 5.82 Å². The second-order valence-electron chi connectivity index (χ2n) is 5.77. The number of hydrogen-bond donors (Lipinski definition) is 2. The van der Waals surface area contributed by atoms with E-state index in [4.69, 9.17) is 16.3 Å². The first-order chi connectivity index (χ1) is 12.6. The van der Waals surface area contributed by atoms with Gasteiger partial charge in [0, 0.05) is 19.3 Å². The SMILES string of the molecule is CCNC(=NCC(C)Oc1ccc(F)cc1)NCCc1ccc(Cl)nc1. The normalized spacial score (nSPS) is 12.5.